The van der Waals surface area contributed by atoms with Crippen molar-refractivity contribution < 1.29 is 4.79 Å². The number of para-hydroxylation sites is 1. The van der Waals surface area contributed by atoms with Gasteiger partial charge < -0.3 is 16.0 Å². The Balaban J connectivity index is 0.00000225. The zero-order chi connectivity index (χ0) is 17.0. The van der Waals surface area contributed by atoms with E-state index in [4.69, 9.17) is 5.73 Å². The van der Waals surface area contributed by atoms with Gasteiger partial charge in [-0.2, -0.15) is 0 Å². The second kappa shape index (κ2) is 8.72. The molecule has 1 saturated carbocycles. The summed E-state index contributed by atoms with van der Waals surface area (Å²) in [5.41, 5.74) is 9.74. The number of hydrogen-bond acceptors (Lipinski definition) is 2. The van der Waals surface area contributed by atoms with Gasteiger partial charge >= 0.3 is 0 Å². The van der Waals surface area contributed by atoms with E-state index in [-0.39, 0.29) is 23.7 Å². The highest BCUT2D eigenvalue weighted by Crippen LogP contribution is 2.38. The van der Waals surface area contributed by atoms with E-state index in [0.717, 1.165) is 19.3 Å². The van der Waals surface area contributed by atoms with Gasteiger partial charge in [0.25, 0.3) is 0 Å². The van der Waals surface area contributed by atoms with Gasteiger partial charge in [-0.1, -0.05) is 37.5 Å². The molecule has 0 aliphatic heterocycles. The van der Waals surface area contributed by atoms with Crippen LogP contribution in [0.15, 0.2) is 24.4 Å². The minimum atomic E-state index is 0. The monoisotopic (exact) mass is 363 g/mol. The molecule has 1 aromatic heterocycles. The Labute approximate surface area is 156 Å². The van der Waals surface area contributed by atoms with Crippen molar-refractivity contribution in [2.45, 2.75) is 51.9 Å². The van der Waals surface area contributed by atoms with Crippen LogP contribution in [-0.4, -0.2) is 24.0 Å². The fraction of sp³-hybridized carbons (Fsp3) is 0.550. The summed E-state index contributed by atoms with van der Waals surface area (Å²) in [5, 5.41) is 4.36. The number of aryl methyl sites for hydroxylation is 1. The summed E-state index contributed by atoms with van der Waals surface area (Å²) in [5.74, 6) is 0.151. The third-order valence-corrected chi connectivity index (χ3v) is 5.61. The van der Waals surface area contributed by atoms with E-state index in [1.807, 2.05) is 0 Å². The van der Waals surface area contributed by atoms with Gasteiger partial charge in [0.05, 0.1) is 0 Å². The van der Waals surface area contributed by atoms with E-state index < -0.39 is 0 Å². The van der Waals surface area contributed by atoms with E-state index in [9.17, 15) is 4.79 Å². The Morgan fingerprint density at radius 2 is 2.04 bits per heavy atom. The van der Waals surface area contributed by atoms with Crippen molar-refractivity contribution in [3.8, 4) is 0 Å². The maximum Gasteiger partial charge on any atom is 0.220 e. The third-order valence-electron chi connectivity index (χ3n) is 5.61. The molecule has 2 aromatic rings. The number of amides is 1. The van der Waals surface area contributed by atoms with Crippen molar-refractivity contribution in [3.63, 3.8) is 0 Å². The van der Waals surface area contributed by atoms with Gasteiger partial charge in [-0.3, -0.25) is 4.79 Å². The number of aromatic nitrogens is 1. The number of halogens is 1. The fourth-order valence-electron chi connectivity index (χ4n) is 4.07. The van der Waals surface area contributed by atoms with Gasteiger partial charge in [0.2, 0.25) is 5.91 Å². The predicted octanol–water partition coefficient (Wildman–Crippen LogP) is 3.86. The minimum absolute atomic E-state index is 0. The second-order valence-electron chi connectivity index (χ2n) is 7.35. The smallest absolute Gasteiger partial charge is 0.220 e. The lowest BCUT2D eigenvalue weighted by atomic mass is 9.71. The van der Waals surface area contributed by atoms with E-state index in [1.165, 1.54) is 41.3 Å². The lowest BCUT2D eigenvalue weighted by molar-refractivity contribution is -0.123. The number of nitrogens with one attached hydrogen (secondary N) is 2. The molecule has 0 radical (unpaired) electrons. The standard InChI is InChI=1S/C20H29N3O.ClH/c1-15-6-5-7-17-16(13-23-19(15)17)8-11-22-18(24)12-20(14-21)9-3-2-4-10-20;/h5-7,13,23H,2-4,8-12,14,21H2,1H3,(H,22,24);1H. The van der Waals surface area contributed by atoms with Gasteiger partial charge in [0, 0.05) is 30.1 Å². The Morgan fingerprint density at radius 1 is 1.28 bits per heavy atom. The average molecular weight is 364 g/mol. The molecular formula is C20H30ClN3O. The summed E-state index contributed by atoms with van der Waals surface area (Å²) in [6, 6.07) is 6.34. The Hall–Kier alpha value is -1.52. The number of H-pyrrole nitrogens is 1. The first-order valence-electron chi connectivity index (χ1n) is 9.16. The molecule has 0 bridgehead atoms. The molecule has 25 heavy (non-hydrogen) atoms. The number of fused-ring (bicyclic) bond motifs is 1. The van der Waals surface area contributed by atoms with Crippen molar-refractivity contribution >= 4 is 29.2 Å². The van der Waals surface area contributed by atoms with Crippen LogP contribution in [-0.2, 0) is 11.2 Å². The molecule has 5 heteroatoms. The Morgan fingerprint density at radius 3 is 2.76 bits per heavy atom. The highest BCUT2D eigenvalue weighted by Gasteiger charge is 2.32. The number of carbonyl (C=O) groups is 1. The quantitative estimate of drug-likeness (QED) is 0.729. The zero-order valence-electron chi connectivity index (χ0n) is 15.1. The SMILES string of the molecule is Cc1cccc2c(CCNC(=O)CC3(CN)CCCCC3)c[nH]c12.Cl. The molecule has 1 aliphatic rings. The van der Waals surface area contributed by atoms with Crippen LogP contribution in [0, 0.1) is 12.3 Å². The predicted molar refractivity (Wildman–Crippen MR) is 106 cm³/mol. The third kappa shape index (κ3) is 4.56. The normalized spacial score (nSPS) is 16.4. The highest BCUT2D eigenvalue weighted by atomic mass is 35.5. The first-order valence-corrected chi connectivity index (χ1v) is 9.16. The molecular weight excluding hydrogens is 334 g/mol. The molecule has 138 valence electrons. The van der Waals surface area contributed by atoms with Crippen LogP contribution in [0.5, 0.6) is 0 Å². The number of nitrogens with two attached hydrogens (primary N) is 1. The van der Waals surface area contributed by atoms with Gasteiger partial charge in [0.1, 0.15) is 0 Å². The van der Waals surface area contributed by atoms with Crippen LogP contribution in [0.25, 0.3) is 10.9 Å². The van der Waals surface area contributed by atoms with E-state index >= 15 is 0 Å². The number of benzene rings is 1. The molecule has 0 saturated heterocycles. The lowest BCUT2D eigenvalue weighted by Crippen LogP contribution is -2.39. The summed E-state index contributed by atoms with van der Waals surface area (Å²) in [7, 11) is 0. The van der Waals surface area contributed by atoms with Crippen molar-refractivity contribution in [2.24, 2.45) is 11.1 Å². The van der Waals surface area contributed by atoms with Gasteiger partial charge in [-0.15, -0.1) is 12.4 Å². The number of aromatic amines is 1. The maximum atomic E-state index is 12.3. The molecule has 1 aliphatic carbocycles. The minimum Gasteiger partial charge on any atom is -0.361 e. The summed E-state index contributed by atoms with van der Waals surface area (Å²) in [4.78, 5) is 15.7. The van der Waals surface area contributed by atoms with Gasteiger partial charge in [-0.05, 0) is 49.3 Å². The molecule has 1 aromatic carbocycles. The van der Waals surface area contributed by atoms with Crippen LogP contribution in [0.4, 0.5) is 0 Å². The van der Waals surface area contributed by atoms with Crippen LogP contribution >= 0.6 is 12.4 Å². The van der Waals surface area contributed by atoms with Crippen molar-refractivity contribution in [2.75, 3.05) is 13.1 Å². The molecule has 4 nitrogen and oxygen atoms in total. The van der Waals surface area contributed by atoms with Crippen LogP contribution in [0.2, 0.25) is 0 Å². The Bertz CT molecular complexity index is 704. The summed E-state index contributed by atoms with van der Waals surface area (Å²) >= 11 is 0. The fourth-order valence-corrected chi connectivity index (χ4v) is 4.07. The molecule has 0 unspecified atom stereocenters. The van der Waals surface area contributed by atoms with E-state index in [1.54, 1.807) is 0 Å². The molecule has 0 atom stereocenters. The van der Waals surface area contributed by atoms with Crippen LogP contribution in [0.3, 0.4) is 0 Å². The van der Waals surface area contributed by atoms with Crippen LogP contribution < -0.4 is 11.1 Å². The number of rotatable bonds is 6. The van der Waals surface area contributed by atoms with Gasteiger partial charge in [0.15, 0.2) is 0 Å². The van der Waals surface area contributed by atoms with Crippen molar-refractivity contribution in [3.05, 3.63) is 35.5 Å². The molecule has 1 heterocycles. The number of hydrogen-bond donors (Lipinski definition) is 3. The summed E-state index contributed by atoms with van der Waals surface area (Å²) in [6.07, 6.45) is 9.38. The molecule has 1 fully saturated rings. The van der Waals surface area contributed by atoms with E-state index in [0.29, 0.717) is 19.5 Å². The summed E-state index contributed by atoms with van der Waals surface area (Å²) < 4.78 is 0. The van der Waals surface area contributed by atoms with Crippen LogP contribution in [0.1, 0.15) is 49.7 Å². The summed E-state index contributed by atoms with van der Waals surface area (Å²) in [6.45, 7) is 3.42. The Kier molecular flexibility index (Phi) is 6.91. The van der Waals surface area contributed by atoms with Crippen molar-refractivity contribution in [1.29, 1.82) is 0 Å². The zero-order valence-corrected chi connectivity index (χ0v) is 15.9. The largest absolute Gasteiger partial charge is 0.361 e. The topological polar surface area (TPSA) is 70.9 Å². The van der Waals surface area contributed by atoms with Gasteiger partial charge in [-0.25, -0.2) is 0 Å². The highest BCUT2D eigenvalue weighted by molar-refractivity contribution is 5.86. The molecule has 3 rings (SSSR count). The maximum absolute atomic E-state index is 12.3. The average Bonchev–Trinajstić information content (AvgIpc) is 3.00. The lowest BCUT2D eigenvalue weighted by Gasteiger charge is -2.35. The molecule has 4 N–H and O–H groups in total. The molecule has 1 amide bonds. The first-order chi connectivity index (χ1) is 11.6. The molecule has 0 spiro atoms. The number of carbonyl (C=O) groups excluding carboxylic acids is 1. The second-order valence-corrected chi connectivity index (χ2v) is 7.35. The van der Waals surface area contributed by atoms with E-state index in [2.05, 4.69) is 41.6 Å². The van der Waals surface area contributed by atoms with Crippen molar-refractivity contribution in [1.82, 2.24) is 10.3 Å². The first kappa shape index (κ1) is 19.8.